The Morgan fingerprint density at radius 2 is 1.94 bits per heavy atom. The fraction of sp³-hybridized carbons (Fsp3) is 0.600. The van der Waals surface area contributed by atoms with Gasteiger partial charge in [-0.15, -0.1) is 0 Å². The predicted molar refractivity (Wildman–Crippen MR) is 76.2 cm³/mol. The topological polar surface area (TPSA) is 29.3 Å². The van der Waals surface area contributed by atoms with E-state index in [1.807, 2.05) is 12.1 Å². The van der Waals surface area contributed by atoms with Gasteiger partial charge in [0.15, 0.2) is 0 Å². The van der Waals surface area contributed by atoms with Gasteiger partial charge in [-0.25, -0.2) is 0 Å². The lowest BCUT2D eigenvalue weighted by Gasteiger charge is -2.34. The molecule has 0 spiro atoms. The van der Waals surface area contributed by atoms with Crippen LogP contribution >= 0.6 is 0 Å². The summed E-state index contributed by atoms with van der Waals surface area (Å²) < 4.78 is 0. The third-order valence-corrected chi connectivity index (χ3v) is 3.17. The zero-order chi connectivity index (χ0) is 12.9. The molecule has 0 bridgehead atoms. The minimum Gasteiger partial charge on any atom is -0.399 e. The minimum absolute atomic E-state index is 0.268. The lowest BCUT2D eigenvalue weighted by molar-refractivity contribution is 0.143. The van der Waals surface area contributed by atoms with Crippen molar-refractivity contribution in [3.05, 3.63) is 29.8 Å². The summed E-state index contributed by atoms with van der Waals surface area (Å²) in [5, 5.41) is 0. The molecular formula is C15H26N2. The van der Waals surface area contributed by atoms with E-state index in [1.165, 1.54) is 12.0 Å². The van der Waals surface area contributed by atoms with Crippen LogP contribution in [0.5, 0.6) is 0 Å². The largest absolute Gasteiger partial charge is 0.399 e. The number of nitrogen functional groups attached to an aromatic ring is 1. The van der Waals surface area contributed by atoms with E-state index in [0.29, 0.717) is 0 Å². The van der Waals surface area contributed by atoms with Crippen LogP contribution in [0.25, 0.3) is 0 Å². The maximum Gasteiger partial charge on any atom is 0.0316 e. The molecule has 2 heteroatoms. The van der Waals surface area contributed by atoms with E-state index >= 15 is 0 Å². The van der Waals surface area contributed by atoms with Crippen molar-refractivity contribution in [2.75, 3.05) is 18.8 Å². The van der Waals surface area contributed by atoms with Crippen molar-refractivity contribution in [3.63, 3.8) is 0 Å². The molecule has 0 fully saturated rings. The number of benzene rings is 1. The number of aryl methyl sites for hydroxylation is 1. The van der Waals surface area contributed by atoms with Crippen LogP contribution in [0.15, 0.2) is 24.3 Å². The maximum atomic E-state index is 5.78. The Bertz CT molecular complexity index is 339. The normalized spacial score (nSPS) is 12.1. The average molecular weight is 234 g/mol. The first-order valence-electron chi connectivity index (χ1n) is 6.53. The zero-order valence-electron chi connectivity index (χ0n) is 11.7. The smallest absolute Gasteiger partial charge is 0.0316 e. The van der Waals surface area contributed by atoms with Crippen molar-refractivity contribution >= 4 is 5.69 Å². The summed E-state index contributed by atoms with van der Waals surface area (Å²) in [5.41, 5.74) is 8.25. The van der Waals surface area contributed by atoms with E-state index in [-0.39, 0.29) is 5.54 Å². The molecule has 0 amide bonds. The van der Waals surface area contributed by atoms with E-state index in [1.54, 1.807) is 0 Å². The van der Waals surface area contributed by atoms with E-state index in [0.717, 1.165) is 25.2 Å². The predicted octanol–water partition coefficient (Wildman–Crippen LogP) is 3.32. The molecule has 0 aliphatic rings. The van der Waals surface area contributed by atoms with Gasteiger partial charge in [0.2, 0.25) is 0 Å². The highest BCUT2D eigenvalue weighted by molar-refractivity contribution is 5.40. The number of nitrogens with two attached hydrogens (primary N) is 1. The first-order valence-corrected chi connectivity index (χ1v) is 6.53. The second kappa shape index (κ2) is 6.06. The van der Waals surface area contributed by atoms with Crippen molar-refractivity contribution in [1.29, 1.82) is 0 Å². The van der Waals surface area contributed by atoms with E-state index in [9.17, 15) is 0 Å². The van der Waals surface area contributed by atoms with Crippen molar-refractivity contribution < 1.29 is 0 Å². The number of anilines is 1. The van der Waals surface area contributed by atoms with Gasteiger partial charge in [0.1, 0.15) is 0 Å². The molecule has 96 valence electrons. The third-order valence-electron chi connectivity index (χ3n) is 3.17. The number of hydrogen-bond donors (Lipinski definition) is 1. The zero-order valence-corrected chi connectivity index (χ0v) is 11.7. The highest BCUT2D eigenvalue weighted by Crippen LogP contribution is 2.14. The van der Waals surface area contributed by atoms with Crippen LogP contribution < -0.4 is 5.73 Å². The molecule has 0 atom stereocenters. The second-order valence-corrected chi connectivity index (χ2v) is 5.60. The van der Waals surface area contributed by atoms with Gasteiger partial charge in [-0.05, 0) is 64.4 Å². The van der Waals surface area contributed by atoms with Crippen LogP contribution in [0, 0.1) is 0 Å². The molecule has 0 saturated carbocycles. The number of hydrogen-bond acceptors (Lipinski definition) is 2. The Morgan fingerprint density at radius 3 is 2.47 bits per heavy atom. The summed E-state index contributed by atoms with van der Waals surface area (Å²) in [6.45, 7) is 11.3. The Balaban J connectivity index is 2.42. The first-order chi connectivity index (χ1) is 7.93. The van der Waals surface area contributed by atoms with Crippen molar-refractivity contribution in [1.82, 2.24) is 4.90 Å². The van der Waals surface area contributed by atoms with Gasteiger partial charge >= 0.3 is 0 Å². The molecule has 17 heavy (non-hydrogen) atoms. The molecule has 2 N–H and O–H groups in total. The van der Waals surface area contributed by atoms with Gasteiger partial charge in [0, 0.05) is 11.2 Å². The minimum atomic E-state index is 0.268. The Labute approximate surface area is 106 Å². The summed E-state index contributed by atoms with van der Waals surface area (Å²) in [7, 11) is 0. The number of nitrogens with zero attached hydrogens (tertiary/aromatic N) is 1. The van der Waals surface area contributed by atoms with Gasteiger partial charge in [-0.1, -0.05) is 19.1 Å². The van der Waals surface area contributed by atoms with Crippen molar-refractivity contribution in [2.45, 2.75) is 46.1 Å². The summed E-state index contributed by atoms with van der Waals surface area (Å²) in [6.07, 6.45) is 2.30. The van der Waals surface area contributed by atoms with E-state index < -0.39 is 0 Å². The SMILES string of the molecule is CCN(CCCc1cccc(N)c1)C(C)(C)C. The Hall–Kier alpha value is -1.02. The molecule has 0 radical (unpaired) electrons. The molecule has 0 unspecified atom stereocenters. The summed E-state index contributed by atoms with van der Waals surface area (Å²) >= 11 is 0. The quantitative estimate of drug-likeness (QED) is 0.792. The van der Waals surface area contributed by atoms with Crippen LogP contribution in [0.4, 0.5) is 5.69 Å². The van der Waals surface area contributed by atoms with Gasteiger partial charge in [0.05, 0.1) is 0 Å². The van der Waals surface area contributed by atoms with Gasteiger partial charge < -0.3 is 5.73 Å². The molecular weight excluding hydrogens is 208 g/mol. The Morgan fingerprint density at radius 1 is 1.24 bits per heavy atom. The molecule has 0 aromatic heterocycles. The fourth-order valence-corrected chi connectivity index (χ4v) is 2.19. The van der Waals surface area contributed by atoms with Gasteiger partial charge in [-0.2, -0.15) is 0 Å². The fourth-order valence-electron chi connectivity index (χ4n) is 2.19. The summed E-state index contributed by atoms with van der Waals surface area (Å²) in [4.78, 5) is 2.51. The molecule has 0 saturated heterocycles. The molecule has 0 aliphatic heterocycles. The second-order valence-electron chi connectivity index (χ2n) is 5.60. The average Bonchev–Trinajstić information content (AvgIpc) is 2.22. The summed E-state index contributed by atoms with van der Waals surface area (Å²) in [5.74, 6) is 0. The van der Waals surface area contributed by atoms with Crippen LogP contribution in [-0.2, 0) is 6.42 Å². The van der Waals surface area contributed by atoms with Crippen molar-refractivity contribution in [3.8, 4) is 0 Å². The summed E-state index contributed by atoms with van der Waals surface area (Å²) in [6, 6.07) is 8.21. The first kappa shape index (κ1) is 14.0. The third kappa shape index (κ3) is 4.78. The maximum absolute atomic E-state index is 5.78. The molecule has 2 nitrogen and oxygen atoms in total. The van der Waals surface area contributed by atoms with Crippen LogP contribution in [0.3, 0.4) is 0 Å². The van der Waals surface area contributed by atoms with E-state index in [2.05, 4.69) is 44.7 Å². The lowest BCUT2D eigenvalue weighted by atomic mass is 10.0. The number of rotatable bonds is 5. The molecule has 0 heterocycles. The standard InChI is InChI=1S/C15H26N2/c1-5-17(15(2,3)4)11-7-9-13-8-6-10-14(16)12-13/h6,8,10,12H,5,7,9,11,16H2,1-4H3. The van der Waals surface area contributed by atoms with Gasteiger partial charge in [0.25, 0.3) is 0 Å². The van der Waals surface area contributed by atoms with Crippen LogP contribution in [0.2, 0.25) is 0 Å². The highest BCUT2D eigenvalue weighted by Gasteiger charge is 2.18. The van der Waals surface area contributed by atoms with Gasteiger partial charge in [-0.3, -0.25) is 4.90 Å². The Kier molecular flexibility index (Phi) is 5.01. The lowest BCUT2D eigenvalue weighted by Crippen LogP contribution is -2.41. The van der Waals surface area contributed by atoms with Crippen molar-refractivity contribution in [2.24, 2.45) is 0 Å². The molecule has 0 aliphatic carbocycles. The molecule has 1 aromatic rings. The van der Waals surface area contributed by atoms with E-state index in [4.69, 9.17) is 5.73 Å². The molecule has 1 aromatic carbocycles. The monoisotopic (exact) mass is 234 g/mol. The molecule has 1 rings (SSSR count). The van der Waals surface area contributed by atoms with Crippen LogP contribution in [-0.4, -0.2) is 23.5 Å². The van der Waals surface area contributed by atoms with Crippen LogP contribution in [0.1, 0.15) is 39.7 Å². The highest BCUT2D eigenvalue weighted by atomic mass is 15.2.